The zero-order valence-corrected chi connectivity index (χ0v) is 12.8. The molecule has 0 saturated heterocycles. The van der Waals surface area contributed by atoms with Gasteiger partial charge in [-0.3, -0.25) is 4.79 Å². The molecule has 0 heterocycles. The van der Waals surface area contributed by atoms with Gasteiger partial charge in [0.1, 0.15) is 0 Å². The molecule has 0 aliphatic heterocycles. The van der Waals surface area contributed by atoms with E-state index in [0.717, 1.165) is 12.0 Å². The van der Waals surface area contributed by atoms with Gasteiger partial charge >= 0.3 is 5.97 Å². The highest BCUT2D eigenvalue weighted by atomic mass is 19.2. The third kappa shape index (κ3) is 3.99. The van der Waals surface area contributed by atoms with Crippen LogP contribution in [-0.4, -0.2) is 30.9 Å². The van der Waals surface area contributed by atoms with Crippen LogP contribution in [0.1, 0.15) is 31.9 Å². The Kier molecular flexibility index (Phi) is 5.96. The van der Waals surface area contributed by atoms with Gasteiger partial charge in [0.2, 0.25) is 5.91 Å². The van der Waals surface area contributed by atoms with Crippen LogP contribution in [0.3, 0.4) is 0 Å². The summed E-state index contributed by atoms with van der Waals surface area (Å²) in [6.07, 6.45) is 0.149. The molecule has 1 atom stereocenters. The zero-order chi connectivity index (χ0) is 17.0. The van der Waals surface area contributed by atoms with Crippen molar-refractivity contribution in [2.24, 2.45) is 5.92 Å². The number of benzene rings is 1. The first-order chi connectivity index (χ1) is 10.2. The Bertz CT molecular complexity index is 552. The summed E-state index contributed by atoms with van der Waals surface area (Å²) in [6.45, 7) is 3.63. The molecular weight excluding hydrogens is 299 g/mol. The Labute approximate surface area is 126 Å². The van der Waals surface area contributed by atoms with Gasteiger partial charge in [-0.05, 0) is 23.6 Å². The fourth-order valence-electron chi connectivity index (χ4n) is 2.00. The van der Waals surface area contributed by atoms with Gasteiger partial charge in [-0.25, -0.2) is 18.0 Å². The van der Waals surface area contributed by atoms with Crippen molar-refractivity contribution in [1.82, 2.24) is 4.90 Å². The first kappa shape index (κ1) is 18.0. The molecule has 7 heteroatoms. The van der Waals surface area contributed by atoms with Crippen molar-refractivity contribution in [3.8, 4) is 0 Å². The van der Waals surface area contributed by atoms with Gasteiger partial charge < -0.3 is 9.64 Å². The smallest absolute Gasteiger partial charge is 0.333 e. The maximum Gasteiger partial charge on any atom is 0.333 e. The second kappa shape index (κ2) is 7.29. The number of halogens is 3. The maximum absolute atomic E-state index is 13.4. The molecule has 122 valence electrons. The van der Waals surface area contributed by atoms with Gasteiger partial charge in [0.05, 0.1) is 7.11 Å². The monoisotopic (exact) mass is 317 g/mol. The lowest BCUT2D eigenvalue weighted by molar-refractivity contribution is -0.152. The highest BCUT2D eigenvalue weighted by Crippen LogP contribution is 2.25. The van der Waals surface area contributed by atoms with E-state index in [4.69, 9.17) is 0 Å². The fourth-order valence-corrected chi connectivity index (χ4v) is 2.00. The maximum atomic E-state index is 13.4. The molecule has 0 spiro atoms. The third-order valence-corrected chi connectivity index (χ3v) is 3.11. The lowest BCUT2D eigenvalue weighted by Crippen LogP contribution is -2.37. The minimum Gasteiger partial charge on any atom is -0.467 e. The molecule has 0 radical (unpaired) electrons. The summed E-state index contributed by atoms with van der Waals surface area (Å²) in [5.41, 5.74) is -0.192. The largest absolute Gasteiger partial charge is 0.467 e. The van der Waals surface area contributed by atoms with Crippen molar-refractivity contribution in [3.05, 3.63) is 35.1 Å². The average Bonchev–Trinajstić information content (AvgIpc) is 2.43. The van der Waals surface area contributed by atoms with Gasteiger partial charge in [0, 0.05) is 13.5 Å². The molecule has 0 aliphatic rings. The van der Waals surface area contributed by atoms with Crippen LogP contribution in [0, 0.1) is 23.4 Å². The van der Waals surface area contributed by atoms with E-state index in [1.165, 1.54) is 7.05 Å². The number of rotatable bonds is 5. The third-order valence-electron chi connectivity index (χ3n) is 3.11. The lowest BCUT2D eigenvalue weighted by atomic mass is 10.0. The van der Waals surface area contributed by atoms with Gasteiger partial charge in [0.25, 0.3) is 0 Å². The van der Waals surface area contributed by atoms with E-state index in [1.54, 1.807) is 0 Å². The lowest BCUT2D eigenvalue weighted by Gasteiger charge is -2.27. The van der Waals surface area contributed by atoms with Crippen LogP contribution in [-0.2, 0) is 14.3 Å². The molecule has 0 aliphatic carbocycles. The van der Waals surface area contributed by atoms with E-state index in [0.29, 0.717) is 12.1 Å². The number of amides is 1. The van der Waals surface area contributed by atoms with E-state index in [-0.39, 0.29) is 17.9 Å². The number of hydrogen-bond acceptors (Lipinski definition) is 3. The van der Waals surface area contributed by atoms with Crippen LogP contribution in [0.15, 0.2) is 12.1 Å². The molecule has 0 bridgehead atoms. The van der Waals surface area contributed by atoms with Gasteiger partial charge in [0.15, 0.2) is 23.5 Å². The molecule has 0 saturated carbocycles. The Morgan fingerprint density at radius 1 is 1.18 bits per heavy atom. The molecule has 1 aromatic rings. The number of nitrogens with zero attached hydrogens (tertiary/aromatic N) is 1. The minimum atomic E-state index is -1.64. The van der Waals surface area contributed by atoms with Gasteiger partial charge in [-0.15, -0.1) is 0 Å². The molecule has 22 heavy (non-hydrogen) atoms. The first-order valence-corrected chi connectivity index (χ1v) is 6.67. The second-order valence-electron chi connectivity index (χ2n) is 5.33. The second-order valence-corrected chi connectivity index (χ2v) is 5.33. The van der Waals surface area contributed by atoms with Crippen molar-refractivity contribution >= 4 is 11.9 Å². The predicted molar refractivity (Wildman–Crippen MR) is 73.3 cm³/mol. The van der Waals surface area contributed by atoms with Gasteiger partial charge in [-0.2, -0.15) is 0 Å². The van der Waals surface area contributed by atoms with Crippen molar-refractivity contribution in [3.63, 3.8) is 0 Å². The summed E-state index contributed by atoms with van der Waals surface area (Å²) < 4.78 is 44.4. The first-order valence-electron chi connectivity index (χ1n) is 6.67. The van der Waals surface area contributed by atoms with Crippen LogP contribution in [0.25, 0.3) is 0 Å². The summed E-state index contributed by atoms with van der Waals surface area (Å²) in [4.78, 5) is 25.0. The van der Waals surface area contributed by atoms with Crippen molar-refractivity contribution in [2.75, 3.05) is 14.2 Å². The molecule has 1 unspecified atom stereocenters. The number of ether oxygens (including phenoxy) is 1. The zero-order valence-electron chi connectivity index (χ0n) is 12.8. The fraction of sp³-hybridized carbons (Fsp3) is 0.467. The summed E-state index contributed by atoms with van der Waals surface area (Å²) >= 11 is 0. The molecule has 0 fully saturated rings. The number of hydrogen-bond donors (Lipinski definition) is 0. The average molecular weight is 317 g/mol. The highest BCUT2D eigenvalue weighted by Gasteiger charge is 2.31. The summed E-state index contributed by atoms with van der Waals surface area (Å²) in [5, 5.41) is 0. The quantitative estimate of drug-likeness (QED) is 0.620. The number of esters is 1. The minimum absolute atomic E-state index is 0.0370. The number of methoxy groups -OCH3 is 1. The number of likely N-dealkylation sites (N-methyl/N-ethyl adjacent to an activating group) is 1. The molecular formula is C15H18F3NO3. The van der Waals surface area contributed by atoms with E-state index in [9.17, 15) is 22.8 Å². The Morgan fingerprint density at radius 3 is 2.09 bits per heavy atom. The predicted octanol–water partition coefficient (Wildman–Crippen LogP) is 2.82. The Balaban J connectivity index is 3.24. The van der Waals surface area contributed by atoms with Crippen molar-refractivity contribution in [1.29, 1.82) is 0 Å². The van der Waals surface area contributed by atoms with E-state index >= 15 is 0 Å². The highest BCUT2D eigenvalue weighted by molar-refractivity contribution is 5.85. The van der Waals surface area contributed by atoms with E-state index < -0.39 is 35.4 Å². The van der Waals surface area contributed by atoms with E-state index in [1.807, 2.05) is 13.8 Å². The van der Waals surface area contributed by atoms with E-state index in [2.05, 4.69) is 4.74 Å². The molecule has 1 aromatic carbocycles. The molecule has 4 nitrogen and oxygen atoms in total. The number of carbonyl (C=O) groups is 2. The molecule has 1 amide bonds. The molecule has 0 N–H and O–H groups in total. The summed E-state index contributed by atoms with van der Waals surface area (Å²) in [5.74, 6) is -5.73. The molecule has 0 aromatic heterocycles. The van der Waals surface area contributed by atoms with Crippen LogP contribution in [0.2, 0.25) is 0 Å². The number of carbonyl (C=O) groups excluding carboxylic acids is 2. The Hall–Kier alpha value is -2.05. The summed E-state index contributed by atoms with van der Waals surface area (Å²) in [7, 11) is 2.41. The van der Waals surface area contributed by atoms with Crippen LogP contribution < -0.4 is 0 Å². The van der Waals surface area contributed by atoms with Crippen LogP contribution in [0.5, 0.6) is 0 Å². The Morgan fingerprint density at radius 2 is 1.68 bits per heavy atom. The van der Waals surface area contributed by atoms with Crippen molar-refractivity contribution in [2.45, 2.75) is 26.3 Å². The van der Waals surface area contributed by atoms with Crippen LogP contribution >= 0.6 is 0 Å². The van der Waals surface area contributed by atoms with Crippen molar-refractivity contribution < 1.29 is 27.5 Å². The van der Waals surface area contributed by atoms with Crippen LogP contribution in [0.4, 0.5) is 13.2 Å². The normalized spacial score (nSPS) is 12.2. The topological polar surface area (TPSA) is 46.6 Å². The molecule has 1 rings (SSSR count). The summed E-state index contributed by atoms with van der Waals surface area (Å²) in [6, 6.07) is 0.0130. The standard InChI is InChI=1S/C15H18F3NO3/c1-8(2)5-12(20)19(3)14(15(21)22-4)9-6-10(16)13(18)11(17)7-9/h6-8,14H,5H2,1-4H3. The SMILES string of the molecule is COC(=O)C(c1cc(F)c(F)c(F)c1)N(C)C(=O)CC(C)C. The van der Waals surface area contributed by atoms with Gasteiger partial charge in [-0.1, -0.05) is 13.8 Å².